The standard InChI is InChI=1S/3C4H9O2.Lu/c3*1-3-4(5)6-2;/h3*4H,3H2,1-2H3;/q3*-1;+3. The molecule has 0 fully saturated rings. The molecule has 0 aromatic carbocycles. The van der Waals surface area contributed by atoms with Gasteiger partial charge in [-0.2, -0.15) is 0 Å². The molecular formula is C12H27LuO6. The van der Waals surface area contributed by atoms with Gasteiger partial charge in [-0.1, -0.05) is 20.8 Å². The molecule has 0 spiro atoms. The quantitative estimate of drug-likeness (QED) is 0.500. The van der Waals surface area contributed by atoms with Crippen molar-refractivity contribution in [3.63, 3.8) is 0 Å². The molecule has 3 unspecified atom stereocenters. The molecule has 0 bridgehead atoms. The zero-order valence-corrected chi connectivity index (χ0v) is 14.2. The fourth-order valence-corrected chi connectivity index (χ4v) is 0.500. The molecule has 3 atom stereocenters. The normalized spacial score (nSPS) is 13.7. The zero-order valence-electron chi connectivity index (χ0n) is 12.6. The largest absolute Gasteiger partial charge is 3.00 e. The van der Waals surface area contributed by atoms with Crippen molar-refractivity contribution in [2.24, 2.45) is 0 Å². The van der Waals surface area contributed by atoms with E-state index in [1.807, 2.05) is 0 Å². The molecule has 0 aromatic rings. The number of rotatable bonds is 6. The van der Waals surface area contributed by atoms with Gasteiger partial charge in [0.25, 0.3) is 0 Å². The van der Waals surface area contributed by atoms with Crippen LogP contribution in [0.1, 0.15) is 40.0 Å². The third kappa shape index (κ3) is 32.5. The maximum atomic E-state index is 10.0. The summed E-state index contributed by atoms with van der Waals surface area (Å²) in [6, 6.07) is 0. The Bertz CT molecular complexity index is 104. The SMILES string of the molecule is CCC([O-])OC.CCC([O-])OC.CCC([O-])OC.[Lu+3]. The molecule has 19 heavy (non-hydrogen) atoms. The summed E-state index contributed by atoms with van der Waals surface area (Å²) < 4.78 is 13.0. The Morgan fingerprint density at radius 2 is 0.789 bits per heavy atom. The van der Waals surface area contributed by atoms with Crippen LogP contribution in [0.25, 0.3) is 0 Å². The second kappa shape index (κ2) is 24.0. The van der Waals surface area contributed by atoms with Gasteiger partial charge in [-0.25, -0.2) is 0 Å². The first-order valence-corrected chi connectivity index (χ1v) is 5.99. The van der Waals surface area contributed by atoms with Gasteiger partial charge in [0.1, 0.15) is 0 Å². The van der Waals surface area contributed by atoms with E-state index in [9.17, 15) is 15.3 Å². The maximum absolute atomic E-state index is 10.0. The van der Waals surface area contributed by atoms with Crippen LogP contribution in [0, 0.1) is 36.9 Å². The van der Waals surface area contributed by atoms with E-state index in [4.69, 9.17) is 0 Å². The summed E-state index contributed by atoms with van der Waals surface area (Å²) in [6.45, 7) is 5.38. The van der Waals surface area contributed by atoms with Crippen LogP contribution in [0.2, 0.25) is 0 Å². The van der Waals surface area contributed by atoms with Crippen molar-refractivity contribution >= 4 is 0 Å². The fourth-order valence-electron chi connectivity index (χ4n) is 0.500. The van der Waals surface area contributed by atoms with Gasteiger partial charge >= 0.3 is 36.9 Å². The molecule has 7 heteroatoms. The third-order valence-electron chi connectivity index (χ3n) is 1.79. The Kier molecular flexibility index (Phi) is 35.7. The van der Waals surface area contributed by atoms with E-state index in [1.165, 1.54) is 21.3 Å². The van der Waals surface area contributed by atoms with Crippen LogP contribution in [-0.4, -0.2) is 40.2 Å². The molecule has 0 rings (SSSR count). The minimum Gasteiger partial charge on any atom is -0.831 e. The molecule has 0 saturated carbocycles. The molecule has 0 aromatic heterocycles. The van der Waals surface area contributed by atoms with E-state index in [-0.39, 0.29) is 36.9 Å². The van der Waals surface area contributed by atoms with Crippen LogP contribution in [0.4, 0.5) is 0 Å². The summed E-state index contributed by atoms with van der Waals surface area (Å²) >= 11 is 0. The van der Waals surface area contributed by atoms with Gasteiger partial charge < -0.3 is 29.5 Å². The van der Waals surface area contributed by atoms with Crippen LogP contribution in [0.3, 0.4) is 0 Å². The van der Waals surface area contributed by atoms with Crippen LogP contribution >= 0.6 is 0 Å². The smallest absolute Gasteiger partial charge is 0.831 e. The predicted octanol–water partition coefficient (Wildman–Crippen LogP) is -0.812. The maximum Gasteiger partial charge on any atom is 3.00 e. The first-order valence-electron chi connectivity index (χ1n) is 5.99. The van der Waals surface area contributed by atoms with Crippen molar-refractivity contribution < 1.29 is 66.4 Å². The monoisotopic (exact) mass is 442 g/mol. The molecule has 0 aliphatic heterocycles. The Labute approximate surface area is 146 Å². The van der Waals surface area contributed by atoms with Gasteiger partial charge in [0.2, 0.25) is 0 Å². The zero-order chi connectivity index (χ0) is 15.0. The molecule has 126 valence electrons. The average molecular weight is 442 g/mol. The van der Waals surface area contributed by atoms with E-state index in [0.29, 0.717) is 19.3 Å². The average Bonchev–Trinajstić information content (AvgIpc) is 2.45. The first-order chi connectivity index (χ1) is 8.42. The first kappa shape index (κ1) is 28.2. The van der Waals surface area contributed by atoms with Crippen molar-refractivity contribution in [2.75, 3.05) is 21.3 Å². The van der Waals surface area contributed by atoms with Gasteiger partial charge in [-0.3, -0.25) is 0 Å². The van der Waals surface area contributed by atoms with Gasteiger partial charge in [-0.05, 0) is 38.1 Å². The number of hydrogen-bond acceptors (Lipinski definition) is 6. The fraction of sp³-hybridized carbons (Fsp3) is 1.00. The third-order valence-corrected chi connectivity index (χ3v) is 1.79. The predicted molar refractivity (Wildman–Crippen MR) is 63.3 cm³/mol. The molecule has 0 saturated heterocycles. The molecular weight excluding hydrogens is 415 g/mol. The summed E-state index contributed by atoms with van der Waals surface area (Å²) in [5.41, 5.74) is 0. The van der Waals surface area contributed by atoms with E-state index in [1.54, 1.807) is 20.8 Å². The van der Waals surface area contributed by atoms with Crippen LogP contribution < -0.4 is 15.3 Å². The van der Waals surface area contributed by atoms with Crippen molar-refractivity contribution in [1.29, 1.82) is 0 Å². The van der Waals surface area contributed by atoms with Gasteiger partial charge in [0, 0.05) is 21.3 Å². The van der Waals surface area contributed by atoms with Gasteiger partial charge in [-0.15, -0.1) is 0 Å². The van der Waals surface area contributed by atoms with E-state index in [2.05, 4.69) is 14.2 Å². The summed E-state index contributed by atoms with van der Waals surface area (Å²) in [5.74, 6) is 0. The van der Waals surface area contributed by atoms with E-state index >= 15 is 0 Å². The molecule has 0 N–H and O–H groups in total. The van der Waals surface area contributed by atoms with E-state index < -0.39 is 18.9 Å². The summed E-state index contributed by atoms with van der Waals surface area (Å²) in [4.78, 5) is 0. The van der Waals surface area contributed by atoms with Crippen molar-refractivity contribution in [1.82, 2.24) is 0 Å². The Morgan fingerprint density at radius 1 is 0.632 bits per heavy atom. The van der Waals surface area contributed by atoms with Crippen molar-refractivity contribution in [3.8, 4) is 0 Å². The number of hydrogen-bond donors (Lipinski definition) is 0. The Balaban J connectivity index is -0.0000000865. The van der Waals surface area contributed by atoms with Gasteiger partial charge in [0.05, 0.1) is 0 Å². The second-order valence-corrected chi connectivity index (χ2v) is 3.22. The van der Waals surface area contributed by atoms with E-state index in [0.717, 1.165) is 0 Å². The molecule has 0 amide bonds. The topological polar surface area (TPSA) is 96.9 Å². The number of ether oxygens (including phenoxy) is 3. The second-order valence-electron chi connectivity index (χ2n) is 3.22. The van der Waals surface area contributed by atoms with Crippen molar-refractivity contribution in [2.45, 2.75) is 58.9 Å². The Hall–Kier alpha value is 0.994. The minimum absolute atomic E-state index is 0. The van der Waals surface area contributed by atoms with Crippen molar-refractivity contribution in [3.05, 3.63) is 0 Å². The minimum atomic E-state index is -0.815. The number of methoxy groups -OCH3 is 3. The summed E-state index contributed by atoms with van der Waals surface area (Å²) in [6.07, 6.45) is -0.788. The summed E-state index contributed by atoms with van der Waals surface area (Å²) in [7, 11) is 4.25. The summed E-state index contributed by atoms with van der Waals surface area (Å²) in [5, 5.41) is 30.1. The Morgan fingerprint density at radius 3 is 0.789 bits per heavy atom. The van der Waals surface area contributed by atoms with Crippen LogP contribution in [0.5, 0.6) is 0 Å². The van der Waals surface area contributed by atoms with Gasteiger partial charge in [0.15, 0.2) is 0 Å². The molecule has 6 nitrogen and oxygen atoms in total. The molecule has 0 heterocycles. The van der Waals surface area contributed by atoms with Crippen LogP contribution in [-0.2, 0) is 14.2 Å². The van der Waals surface area contributed by atoms with Crippen LogP contribution in [0.15, 0.2) is 0 Å². The molecule has 0 aliphatic carbocycles. The molecule has 0 aliphatic rings. The molecule has 0 radical (unpaired) electrons.